The summed E-state index contributed by atoms with van der Waals surface area (Å²) in [5.41, 5.74) is -0.806. The molecule has 0 aliphatic carbocycles. The van der Waals surface area contributed by atoms with E-state index in [4.69, 9.17) is 0 Å². The minimum atomic E-state index is -3.12. The van der Waals surface area contributed by atoms with E-state index in [1.54, 1.807) is 0 Å². The van der Waals surface area contributed by atoms with Gasteiger partial charge in [0.25, 0.3) is 0 Å². The molecule has 0 aromatic carbocycles. The number of rotatable bonds is 5. The summed E-state index contributed by atoms with van der Waals surface area (Å²) in [7, 11) is -3.12. The average molecular weight is 235 g/mol. The van der Waals surface area contributed by atoms with Gasteiger partial charge in [0, 0.05) is 13.1 Å². The molecule has 0 aromatic heterocycles. The Balaban J connectivity index is 2.51. The molecule has 4 nitrogen and oxygen atoms in total. The molecule has 1 rings (SSSR count). The third kappa shape index (κ3) is 2.71. The van der Waals surface area contributed by atoms with Crippen LogP contribution in [0.1, 0.15) is 33.6 Å². The molecule has 0 radical (unpaired) electrons. The van der Waals surface area contributed by atoms with Gasteiger partial charge in [0.1, 0.15) is 0 Å². The summed E-state index contributed by atoms with van der Waals surface area (Å²) in [6, 6.07) is 0. The first kappa shape index (κ1) is 12.9. The number of nitrogens with zero attached hydrogens (tertiary/aromatic N) is 1. The molecule has 1 aliphatic rings. The van der Waals surface area contributed by atoms with Gasteiger partial charge in [-0.25, -0.2) is 8.42 Å². The van der Waals surface area contributed by atoms with E-state index >= 15 is 0 Å². The smallest absolute Gasteiger partial charge is 0.214 e. The summed E-state index contributed by atoms with van der Waals surface area (Å²) in [6.45, 7) is 6.31. The van der Waals surface area contributed by atoms with Gasteiger partial charge < -0.3 is 5.11 Å². The van der Waals surface area contributed by atoms with E-state index in [9.17, 15) is 13.5 Å². The van der Waals surface area contributed by atoms with Gasteiger partial charge in [0.15, 0.2) is 0 Å². The van der Waals surface area contributed by atoms with E-state index < -0.39 is 15.6 Å². The molecule has 0 bridgehead atoms. The van der Waals surface area contributed by atoms with Crippen molar-refractivity contribution in [1.82, 2.24) is 4.31 Å². The van der Waals surface area contributed by atoms with Gasteiger partial charge in [-0.1, -0.05) is 27.2 Å². The number of sulfonamides is 1. The lowest BCUT2D eigenvalue weighted by Gasteiger charge is -2.47. The highest BCUT2D eigenvalue weighted by Crippen LogP contribution is 2.30. The van der Waals surface area contributed by atoms with Gasteiger partial charge in [0.2, 0.25) is 10.0 Å². The Hall–Kier alpha value is -0.130. The molecule has 15 heavy (non-hydrogen) atoms. The van der Waals surface area contributed by atoms with Crippen LogP contribution in [0.3, 0.4) is 0 Å². The molecule has 1 aliphatic heterocycles. The lowest BCUT2D eigenvalue weighted by Crippen LogP contribution is -2.66. The molecule has 0 amide bonds. The van der Waals surface area contributed by atoms with E-state index in [0.29, 0.717) is 6.42 Å². The zero-order valence-corrected chi connectivity index (χ0v) is 10.5. The summed E-state index contributed by atoms with van der Waals surface area (Å²) < 4.78 is 24.8. The minimum Gasteiger partial charge on any atom is -0.387 e. The number of hydrogen-bond donors (Lipinski definition) is 1. The standard InChI is InChI=1S/C10H21NO3S/c1-4-5-6-15(13,14)11-7-10(12,8-11)9(2)3/h9,12H,4-8H2,1-3H3. The zero-order valence-electron chi connectivity index (χ0n) is 9.73. The monoisotopic (exact) mass is 235 g/mol. The predicted octanol–water partition coefficient (Wildman–Crippen LogP) is 0.819. The largest absolute Gasteiger partial charge is 0.387 e. The molecule has 1 N–H and O–H groups in total. The van der Waals surface area contributed by atoms with Crippen molar-refractivity contribution in [2.45, 2.75) is 39.2 Å². The molecule has 90 valence electrons. The van der Waals surface area contributed by atoms with Crippen molar-refractivity contribution in [3.63, 3.8) is 0 Å². The van der Waals surface area contributed by atoms with Crippen LogP contribution in [0.15, 0.2) is 0 Å². The summed E-state index contributed by atoms with van der Waals surface area (Å²) in [5, 5.41) is 9.94. The number of hydrogen-bond acceptors (Lipinski definition) is 3. The minimum absolute atomic E-state index is 0.107. The Morgan fingerprint density at radius 3 is 2.33 bits per heavy atom. The van der Waals surface area contributed by atoms with Crippen molar-refractivity contribution >= 4 is 10.0 Å². The van der Waals surface area contributed by atoms with Gasteiger partial charge in [0.05, 0.1) is 11.4 Å². The second-order valence-electron chi connectivity index (χ2n) is 4.70. The van der Waals surface area contributed by atoms with Crippen molar-refractivity contribution in [1.29, 1.82) is 0 Å². The lowest BCUT2D eigenvalue weighted by atomic mass is 9.85. The first-order valence-corrected chi connectivity index (χ1v) is 7.13. The van der Waals surface area contributed by atoms with Crippen LogP contribution in [-0.4, -0.2) is 42.3 Å². The Morgan fingerprint density at radius 2 is 1.93 bits per heavy atom. The SMILES string of the molecule is CCCCS(=O)(=O)N1CC(O)(C(C)C)C1. The summed E-state index contributed by atoms with van der Waals surface area (Å²) >= 11 is 0. The van der Waals surface area contributed by atoms with E-state index in [1.165, 1.54) is 4.31 Å². The van der Waals surface area contributed by atoms with Crippen molar-refractivity contribution in [2.75, 3.05) is 18.8 Å². The topological polar surface area (TPSA) is 57.6 Å². The van der Waals surface area contributed by atoms with E-state index in [1.807, 2.05) is 20.8 Å². The lowest BCUT2D eigenvalue weighted by molar-refractivity contribution is -0.0932. The molecule has 0 saturated carbocycles. The van der Waals surface area contributed by atoms with Crippen LogP contribution in [0.2, 0.25) is 0 Å². The first-order chi connectivity index (χ1) is 6.82. The van der Waals surface area contributed by atoms with E-state index in [2.05, 4.69) is 0 Å². The highest BCUT2D eigenvalue weighted by Gasteiger charge is 2.48. The van der Waals surface area contributed by atoms with Crippen molar-refractivity contribution in [3.8, 4) is 0 Å². The van der Waals surface area contributed by atoms with Crippen LogP contribution in [0.4, 0.5) is 0 Å². The van der Waals surface area contributed by atoms with Crippen molar-refractivity contribution in [2.24, 2.45) is 5.92 Å². The van der Waals surface area contributed by atoms with Crippen LogP contribution in [0, 0.1) is 5.92 Å². The van der Waals surface area contributed by atoms with Crippen molar-refractivity contribution in [3.05, 3.63) is 0 Å². The normalized spacial score (nSPS) is 21.7. The quantitative estimate of drug-likeness (QED) is 0.767. The molecule has 1 fully saturated rings. The third-order valence-electron chi connectivity index (χ3n) is 3.12. The maximum Gasteiger partial charge on any atom is 0.214 e. The molecule has 5 heteroatoms. The molecule has 0 spiro atoms. The number of aliphatic hydroxyl groups is 1. The van der Waals surface area contributed by atoms with Crippen LogP contribution in [0.5, 0.6) is 0 Å². The zero-order chi connectivity index (χ0) is 11.7. The molecule has 1 saturated heterocycles. The molecule has 1 heterocycles. The van der Waals surface area contributed by atoms with E-state index in [0.717, 1.165) is 6.42 Å². The van der Waals surface area contributed by atoms with Gasteiger partial charge in [-0.15, -0.1) is 0 Å². The van der Waals surface area contributed by atoms with Crippen LogP contribution in [-0.2, 0) is 10.0 Å². The summed E-state index contributed by atoms with van der Waals surface area (Å²) in [5.74, 6) is 0.313. The fraction of sp³-hybridized carbons (Fsp3) is 1.00. The maximum absolute atomic E-state index is 11.7. The Bertz CT molecular complexity index is 305. The number of unbranched alkanes of at least 4 members (excludes halogenated alkanes) is 1. The Kier molecular flexibility index (Phi) is 3.79. The molecular formula is C10H21NO3S. The number of β-amino-alcohol motifs (C(OH)–C–C–N with tert-alkyl or cyclic N) is 1. The highest BCUT2D eigenvalue weighted by atomic mass is 32.2. The Labute approximate surface area is 92.3 Å². The van der Waals surface area contributed by atoms with Crippen LogP contribution < -0.4 is 0 Å². The second kappa shape index (κ2) is 4.39. The third-order valence-corrected chi connectivity index (χ3v) is 4.97. The van der Waals surface area contributed by atoms with Crippen LogP contribution in [0.25, 0.3) is 0 Å². The van der Waals surface area contributed by atoms with Gasteiger partial charge in [-0.2, -0.15) is 4.31 Å². The summed E-state index contributed by atoms with van der Waals surface area (Å²) in [4.78, 5) is 0. The van der Waals surface area contributed by atoms with E-state index in [-0.39, 0.29) is 24.8 Å². The fourth-order valence-corrected chi connectivity index (χ4v) is 3.33. The molecule has 0 unspecified atom stereocenters. The molecule has 0 atom stereocenters. The Morgan fingerprint density at radius 1 is 1.40 bits per heavy atom. The van der Waals surface area contributed by atoms with Gasteiger partial charge >= 0.3 is 0 Å². The molecular weight excluding hydrogens is 214 g/mol. The van der Waals surface area contributed by atoms with Crippen molar-refractivity contribution < 1.29 is 13.5 Å². The summed E-state index contributed by atoms with van der Waals surface area (Å²) in [6.07, 6.45) is 1.57. The first-order valence-electron chi connectivity index (χ1n) is 5.52. The predicted molar refractivity (Wildman–Crippen MR) is 60.1 cm³/mol. The van der Waals surface area contributed by atoms with Gasteiger partial charge in [-0.05, 0) is 12.3 Å². The van der Waals surface area contributed by atoms with Gasteiger partial charge in [-0.3, -0.25) is 0 Å². The molecule has 0 aromatic rings. The fourth-order valence-electron chi connectivity index (χ4n) is 1.58. The average Bonchev–Trinajstić information content (AvgIpc) is 2.09. The highest BCUT2D eigenvalue weighted by molar-refractivity contribution is 7.89. The maximum atomic E-state index is 11.7. The van der Waals surface area contributed by atoms with Crippen LogP contribution >= 0.6 is 0 Å². The second-order valence-corrected chi connectivity index (χ2v) is 6.78.